The zero-order chi connectivity index (χ0) is 11.0. The Labute approximate surface area is 152 Å². The molecule has 0 aliphatic rings. The molecule has 84 valence electrons. The van der Waals surface area contributed by atoms with E-state index >= 15 is 0 Å². The molecule has 0 aromatic rings. The Bertz CT molecular complexity index is 224. The molecule has 5 nitrogen and oxygen atoms in total. The third-order valence-electron chi connectivity index (χ3n) is 1.03. The molecule has 0 aromatic carbocycles. The summed E-state index contributed by atoms with van der Waals surface area (Å²) in [7, 11) is 0. The van der Waals surface area contributed by atoms with Gasteiger partial charge in [-0.05, 0) is 0 Å². The molecule has 0 aromatic heterocycles. The van der Waals surface area contributed by atoms with Crippen LogP contribution >= 0.6 is 25.3 Å². The van der Waals surface area contributed by atoms with Crippen molar-refractivity contribution in [3.05, 3.63) is 0 Å². The van der Waals surface area contributed by atoms with Crippen LogP contribution in [0.25, 0.3) is 0 Å². The Balaban J connectivity index is -0.000000141. The van der Waals surface area contributed by atoms with Crippen molar-refractivity contribution < 1.29 is 85.8 Å². The first-order valence-corrected chi connectivity index (χ1v) is 5.03. The van der Waals surface area contributed by atoms with Crippen LogP contribution in [-0.4, -0.2) is 29.6 Å². The van der Waals surface area contributed by atoms with E-state index < -0.39 is 18.1 Å². The van der Waals surface area contributed by atoms with Gasteiger partial charge in [-0.15, -0.1) is 0 Å². The molecule has 0 saturated heterocycles. The van der Waals surface area contributed by atoms with Crippen LogP contribution in [0.2, 0.25) is 0 Å². The molecule has 0 bridgehead atoms. The summed E-state index contributed by atoms with van der Waals surface area (Å²) in [4.78, 5) is 32.1. The largest absolute Gasteiger partial charge is 1.00 e. The van der Waals surface area contributed by atoms with E-state index in [1.165, 1.54) is 0 Å². The number of ether oxygens (including phenoxy) is 2. The van der Waals surface area contributed by atoms with E-state index in [-0.39, 0.29) is 86.3 Å². The Morgan fingerprint density at radius 2 is 1.19 bits per heavy atom. The third-order valence-corrected chi connectivity index (χ3v) is 1.47. The molecule has 0 radical (unpaired) electrons. The number of carbonyl (C=O) groups is 3. The number of thiol groups is 2. The van der Waals surface area contributed by atoms with Crippen LogP contribution in [0.5, 0.6) is 0 Å². The van der Waals surface area contributed by atoms with Gasteiger partial charge in [0.25, 0.3) is 0 Å². The Morgan fingerprint density at radius 3 is 1.44 bits per heavy atom. The van der Waals surface area contributed by atoms with E-state index in [2.05, 4.69) is 34.7 Å². The van der Waals surface area contributed by atoms with E-state index in [0.29, 0.717) is 0 Å². The van der Waals surface area contributed by atoms with Crippen LogP contribution in [0, 0.1) is 0 Å². The van der Waals surface area contributed by atoms with E-state index in [4.69, 9.17) is 0 Å². The van der Waals surface area contributed by atoms with Crippen molar-refractivity contribution in [3.8, 4) is 0 Å². The Morgan fingerprint density at radius 1 is 0.875 bits per heavy atom. The first-order valence-electron chi connectivity index (χ1n) is 3.77. The maximum absolute atomic E-state index is 10.7. The second-order valence-electron chi connectivity index (χ2n) is 2.15. The van der Waals surface area contributed by atoms with Crippen LogP contribution in [0.3, 0.4) is 0 Å². The smallest absolute Gasteiger partial charge is 1.00 e. The fraction of sp³-hybridized carbons (Fsp3) is 0.571. The summed E-state index contributed by atoms with van der Waals surface area (Å²) in [5.41, 5.74) is 0. The van der Waals surface area contributed by atoms with Gasteiger partial charge in [0.05, 0.1) is 12.8 Å². The second kappa shape index (κ2) is 14.4. The van der Waals surface area contributed by atoms with Gasteiger partial charge in [0.2, 0.25) is 0 Å². The number of carbonyl (C=O) groups excluding carboxylic acids is 3. The summed E-state index contributed by atoms with van der Waals surface area (Å²) in [6, 6.07) is 0. The molecule has 16 heavy (non-hydrogen) atoms. The fourth-order valence-corrected chi connectivity index (χ4v) is 0.857. The molecular weight excluding hydrogens is 274 g/mol. The monoisotopic (exact) mass is 286 g/mol. The van der Waals surface area contributed by atoms with Crippen molar-refractivity contribution in [2.24, 2.45) is 0 Å². The van der Waals surface area contributed by atoms with E-state index in [0.717, 1.165) is 0 Å². The standard InChI is InChI=1S/C7H10O5S2.2Na.2H/c8-5(1-3-13)11-7(10)12-6(9)2-4-14;;;;/h13-14H,1-4H2;;;;/q;2*+1;2*-1. The molecule has 0 aliphatic heterocycles. The number of rotatable bonds is 4. The number of hydrogen-bond acceptors (Lipinski definition) is 7. The van der Waals surface area contributed by atoms with Crippen molar-refractivity contribution in [3.63, 3.8) is 0 Å². The zero-order valence-corrected chi connectivity index (χ0v) is 15.1. The van der Waals surface area contributed by atoms with Crippen molar-refractivity contribution >= 4 is 43.4 Å². The molecule has 0 rings (SSSR count). The average Bonchev–Trinajstić information content (AvgIpc) is 2.03. The maximum Gasteiger partial charge on any atom is 1.00 e. The fourth-order valence-electron chi connectivity index (χ4n) is 0.491. The van der Waals surface area contributed by atoms with Crippen LogP contribution in [-0.2, 0) is 19.1 Å². The molecule has 0 unspecified atom stereocenters. The van der Waals surface area contributed by atoms with Gasteiger partial charge in [0.1, 0.15) is 0 Å². The zero-order valence-electron chi connectivity index (χ0n) is 11.3. The van der Waals surface area contributed by atoms with Gasteiger partial charge in [0, 0.05) is 11.5 Å². The van der Waals surface area contributed by atoms with E-state index in [9.17, 15) is 14.4 Å². The van der Waals surface area contributed by atoms with E-state index in [1.54, 1.807) is 0 Å². The van der Waals surface area contributed by atoms with Gasteiger partial charge in [-0.3, -0.25) is 9.59 Å². The topological polar surface area (TPSA) is 69.7 Å². The predicted molar refractivity (Wildman–Crippen MR) is 56.7 cm³/mol. The number of hydrogen-bond donors (Lipinski definition) is 2. The van der Waals surface area contributed by atoms with Gasteiger partial charge in [0.15, 0.2) is 0 Å². The van der Waals surface area contributed by atoms with Crippen molar-refractivity contribution in [1.29, 1.82) is 0 Å². The van der Waals surface area contributed by atoms with E-state index in [1.807, 2.05) is 0 Å². The minimum Gasteiger partial charge on any atom is -1.00 e. The molecular formula is C7H12Na2O5S2. The predicted octanol–water partition coefficient (Wildman–Crippen LogP) is -4.93. The number of esters is 2. The normalized spacial score (nSPS) is 8.12. The van der Waals surface area contributed by atoms with Gasteiger partial charge in [-0.25, -0.2) is 4.79 Å². The molecule has 9 heteroatoms. The first kappa shape index (κ1) is 22.5. The second-order valence-corrected chi connectivity index (χ2v) is 3.04. The molecule has 0 fully saturated rings. The summed E-state index contributed by atoms with van der Waals surface area (Å²) in [6.07, 6.45) is -1.33. The third kappa shape index (κ3) is 13.4. The molecule has 0 amide bonds. The average molecular weight is 286 g/mol. The molecule has 0 aliphatic carbocycles. The SMILES string of the molecule is O=C(CCS)OC(=O)OC(=O)CCS.[H-].[H-].[Na+].[Na+]. The summed E-state index contributed by atoms with van der Waals surface area (Å²) in [5, 5.41) is 0. The minimum absolute atomic E-state index is 0. The van der Waals surface area contributed by atoms with Crippen molar-refractivity contribution in [2.75, 3.05) is 11.5 Å². The van der Waals surface area contributed by atoms with Gasteiger partial charge in [-0.2, -0.15) is 25.3 Å². The summed E-state index contributed by atoms with van der Waals surface area (Å²) >= 11 is 7.51. The van der Waals surface area contributed by atoms with Crippen LogP contribution < -0.4 is 59.1 Å². The van der Waals surface area contributed by atoms with Gasteiger partial charge >= 0.3 is 77.2 Å². The molecule has 0 spiro atoms. The summed E-state index contributed by atoms with van der Waals surface area (Å²) in [6.45, 7) is 0. The van der Waals surface area contributed by atoms with Gasteiger partial charge in [-0.1, -0.05) is 0 Å². The minimum atomic E-state index is -1.30. The van der Waals surface area contributed by atoms with Crippen LogP contribution in [0.15, 0.2) is 0 Å². The molecule has 0 N–H and O–H groups in total. The van der Waals surface area contributed by atoms with Crippen LogP contribution in [0.4, 0.5) is 4.79 Å². The summed E-state index contributed by atoms with van der Waals surface area (Å²) in [5.74, 6) is -1.03. The van der Waals surface area contributed by atoms with Crippen molar-refractivity contribution in [2.45, 2.75) is 12.8 Å². The van der Waals surface area contributed by atoms with Crippen molar-refractivity contribution in [1.82, 2.24) is 0 Å². The molecule has 0 saturated carbocycles. The Hall–Kier alpha value is 1.31. The summed E-state index contributed by atoms with van der Waals surface area (Å²) < 4.78 is 8.23. The maximum atomic E-state index is 10.7. The molecule has 0 atom stereocenters. The molecule has 0 heterocycles. The van der Waals surface area contributed by atoms with Gasteiger partial charge < -0.3 is 12.3 Å². The quantitative estimate of drug-likeness (QED) is 0.235. The Kier molecular flexibility index (Phi) is 20.2. The van der Waals surface area contributed by atoms with Crippen LogP contribution in [0.1, 0.15) is 15.7 Å². The first-order chi connectivity index (χ1) is 6.60.